The Bertz CT molecular complexity index is 147. The van der Waals surface area contributed by atoms with E-state index in [9.17, 15) is 0 Å². The lowest BCUT2D eigenvalue weighted by Crippen LogP contribution is -3.00. The van der Waals surface area contributed by atoms with E-state index in [2.05, 4.69) is 47.1 Å². The predicted octanol–water partition coefficient (Wildman–Crippen LogP) is 0.222. The highest BCUT2D eigenvalue weighted by molar-refractivity contribution is 4.76. The highest BCUT2D eigenvalue weighted by Crippen LogP contribution is 2.14. The fourth-order valence-electron chi connectivity index (χ4n) is 1.78. The van der Waals surface area contributed by atoms with Crippen molar-refractivity contribution in [2.24, 2.45) is 0 Å². The summed E-state index contributed by atoms with van der Waals surface area (Å²) in [5.74, 6) is 0. The normalized spacial score (nSPS) is 14.1. The smallest absolute Gasteiger partial charge is 0.0881 e. The number of hydrogen-bond acceptors (Lipinski definition) is 0. The molecule has 14 heavy (non-hydrogen) atoms. The second kappa shape index (κ2) is 8.31. The van der Waals surface area contributed by atoms with Gasteiger partial charge >= 0.3 is 0 Å². The monoisotopic (exact) mass is 219 g/mol. The predicted molar refractivity (Wildman–Crippen MR) is 60.8 cm³/mol. The molecule has 0 aliphatic heterocycles. The summed E-state index contributed by atoms with van der Waals surface area (Å²) in [6.45, 7) is 4.39. The van der Waals surface area contributed by atoms with Gasteiger partial charge in [0, 0.05) is 0 Å². The number of nitrogens with zero attached hydrogens (tertiary/aromatic N) is 1. The Balaban J connectivity index is 0. The lowest BCUT2D eigenvalue weighted by atomic mass is 10.0. The minimum absolute atomic E-state index is 0. The Labute approximate surface area is 96.2 Å². The second-order valence-corrected chi connectivity index (χ2v) is 4.68. The van der Waals surface area contributed by atoms with Crippen molar-refractivity contribution in [1.29, 1.82) is 0 Å². The number of allylic oxidation sites excluding steroid dienone is 2. The van der Waals surface area contributed by atoms with Gasteiger partial charge in [-0.15, -0.1) is 0 Å². The zero-order valence-corrected chi connectivity index (χ0v) is 11.1. The summed E-state index contributed by atoms with van der Waals surface area (Å²) in [5.41, 5.74) is 0. The fourth-order valence-corrected chi connectivity index (χ4v) is 1.78. The standard InChI is InChI=1S/C12H26N.ClH/c1-6-8-9-10-11-12(7-2)13(3,4)5;/h6,8,12H,7,9-11H2,1-5H3;1H/q+1;/p-1. The quantitative estimate of drug-likeness (QED) is 0.341. The topological polar surface area (TPSA) is 0 Å². The number of unbranched alkanes of at least 4 members (excludes halogenated alkanes) is 1. The molecule has 0 heterocycles. The molecule has 1 nitrogen and oxygen atoms in total. The van der Waals surface area contributed by atoms with Crippen molar-refractivity contribution < 1.29 is 16.9 Å². The molecule has 86 valence electrons. The van der Waals surface area contributed by atoms with Crippen LogP contribution in [0.4, 0.5) is 0 Å². The summed E-state index contributed by atoms with van der Waals surface area (Å²) in [4.78, 5) is 0. The van der Waals surface area contributed by atoms with Crippen LogP contribution in [0.3, 0.4) is 0 Å². The maximum absolute atomic E-state index is 2.30. The van der Waals surface area contributed by atoms with E-state index in [1.807, 2.05) is 0 Å². The van der Waals surface area contributed by atoms with Gasteiger partial charge in [0.1, 0.15) is 0 Å². The molecule has 0 fully saturated rings. The number of halogens is 1. The molecule has 0 aromatic heterocycles. The largest absolute Gasteiger partial charge is 1.00 e. The van der Waals surface area contributed by atoms with Gasteiger partial charge in [-0.2, -0.15) is 0 Å². The van der Waals surface area contributed by atoms with Crippen LogP contribution in [-0.2, 0) is 0 Å². The molecule has 0 radical (unpaired) electrons. The maximum atomic E-state index is 2.30. The van der Waals surface area contributed by atoms with Crippen LogP contribution in [-0.4, -0.2) is 31.7 Å². The first kappa shape index (κ1) is 16.4. The molecule has 0 aromatic rings. The third-order valence-corrected chi connectivity index (χ3v) is 2.71. The molecule has 0 aliphatic carbocycles. The Hall–Kier alpha value is -0.0100. The highest BCUT2D eigenvalue weighted by atomic mass is 35.5. The first-order valence-corrected chi connectivity index (χ1v) is 5.44. The molecular formula is C12H26ClN. The Morgan fingerprint density at radius 3 is 2.14 bits per heavy atom. The fraction of sp³-hybridized carbons (Fsp3) is 0.833. The molecule has 1 atom stereocenters. The van der Waals surface area contributed by atoms with E-state index in [1.165, 1.54) is 25.7 Å². The SMILES string of the molecule is CC=CCCCC(CC)[N+](C)(C)C.[Cl-]. The van der Waals surface area contributed by atoms with E-state index in [-0.39, 0.29) is 12.4 Å². The molecule has 0 saturated heterocycles. The van der Waals surface area contributed by atoms with E-state index in [0.717, 1.165) is 10.5 Å². The van der Waals surface area contributed by atoms with Gasteiger partial charge in [0.15, 0.2) is 0 Å². The van der Waals surface area contributed by atoms with Gasteiger partial charge in [0.25, 0.3) is 0 Å². The van der Waals surface area contributed by atoms with Gasteiger partial charge in [-0.3, -0.25) is 0 Å². The summed E-state index contributed by atoms with van der Waals surface area (Å²) in [6, 6.07) is 0.824. The summed E-state index contributed by atoms with van der Waals surface area (Å²) in [6.07, 6.45) is 9.63. The van der Waals surface area contributed by atoms with Gasteiger partial charge in [-0.25, -0.2) is 0 Å². The lowest BCUT2D eigenvalue weighted by Gasteiger charge is -2.33. The van der Waals surface area contributed by atoms with Crippen molar-refractivity contribution >= 4 is 0 Å². The van der Waals surface area contributed by atoms with Crippen LogP contribution in [0.15, 0.2) is 12.2 Å². The van der Waals surface area contributed by atoms with E-state index in [4.69, 9.17) is 0 Å². The minimum atomic E-state index is 0. The molecular weight excluding hydrogens is 194 g/mol. The molecule has 0 aromatic carbocycles. The van der Waals surface area contributed by atoms with E-state index >= 15 is 0 Å². The van der Waals surface area contributed by atoms with Crippen LogP contribution >= 0.6 is 0 Å². The Kier molecular flexibility index (Phi) is 9.75. The van der Waals surface area contributed by atoms with Crippen LogP contribution in [0.5, 0.6) is 0 Å². The van der Waals surface area contributed by atoms with Crippen LogP contribution in [0.1, 0.15) is 39.5 Å². The Morgan fingerprint density at radius 2 is 1.79 bits per heavy atom. The summed E-state index contributed by atoms with van der Waals surface area (Å²) < 4.78 is 1.10. The number of rotatable bonds is 6. The van der Waals surface area contributed by atoms with Gasteiger partial charge in [-0.1, -0.05) is 19.1 Å². The van der Waals surface area contributed by atoms with Gasteiger partial charge in [0.2, 0.25) is 0 Å². The lowest BCUT2D eigenvalue weighted by molar-refractivity contribution is -0.896. The van der Waals surface area contributed by atoms with Crippen LogP contribution in [0.2, 0.25) is 0 Å². The third kappa shape index (κ3) is 7.40. The average molecular weight is 220 g/mol. The van der Waals surface area contributed by atoms with Crippen LogP contribution in [0.25, 0.3) is 0 Å². The van der Waals surface area contributed by atoms with Crippen molar-refractivity contribution in [3.8, 4) is 0 Å². The molecule has 0 spiro atoms. The zero-order chi connectivity index (χ0) is 10.3. The van der Waals surface area contributed by atoms with Crippen molar-refractivity contribution in [2.75, 3.05) is 21.1 Å². The average Bonchev–Trinajstić information content (AvgIpc) is 2.02. The summed E-state index contributed by atoms with van der Waals surface area (Å²) >= 11 is 0. The first-order chi connectivity index (χ1) is 6.02. The Morgan fingerprint density at radius 1 is 1.21 bits per heavy atom. The molecule has 0 N–H and O–H groups in total. The number of quaternary nitrogens is 1. The van der Waals surface area contributed by atoms with Crippen molar-refractivity contribution in [1.82, 2.24) is 0 Å². The van der Waals surface area contributed by atoms with Crippen LogP contribution in [0, 0.1) is 0 Å². The van der Waals surface area contributed by atoms with Crippen LogP contribution < -0.4 is 12.4 Å². The second-order valence-electron chi connectivity index (χ2n) is 4.68. The molecule has 0 bridgehead atoms. The summed E-state index contributed by atoms with van der Waals surface area (Å²) in [5, 5.41) is 0. The van der Waals surface area contributed by atoms with Gasteiger partial charge in [0.05, 0.1) is 27.2 Å². The van der Waals surface area contributed by atoms with Crippen molar-refractivity contribution in [2.45, 2.75) is 45.6 Å². The zero-order valence-electron chi connectivity index (χ0n) is 10.4. The molecule has 0 amide bonds. The van der Waals surface area contributed by atoms with Crippen molar-refractivity contribution in [3.05, 3.63) is 12.2 Å². The third-order valence-electron chi connectivity index (χ3n) is 2.71. The highest BCUT2D eigenvalue weighted by Gasteiger charge is 2.20. The first-order valence-electron chi connectivity index (χ1n) is 5.44. The molecule has 0 rings (SSSR count). The molecule has 1 unspecified atom stereocenters. The minimum Gasteiger partial charge on any atom is -1.00 e. The summed E-state index contributed by atoms with van der Waals surface area (Å²) in [7, 11) is 6.89. The molecule has 0 aliphatic rings. The van der Waals surface area contributed by atoms with Gasteiger partial charge < -0.3 is 16.9 Å². The maximum Gasteiger partial charge on any atom is 0.0881 e. The van der Waals surface area contributed by atoms with E-state index in [0.29, 0.717) is 0 Å². The van der Waals surface area contributed by atoms with E-state index in [1.54, 1.807) is 0 Å². The van der Waals surface area contributed by atoms with Gasteiger partial charge in [-0.05, 0) is 32.6 Å². The molecule has 2 heteroatoms. The van der Waals surface area contributed by atoms with E-state index < -0.39 is 0 Å². The van der Waals surface area contributed by atoms with Crippen molar-refractivity contribution in [3.63, 3.8) is 0 Å². The molecule has 0 saturated carbocycles. The number of hydrogen-bond donors (Lipinski definition) is 0.